The second-order valence-corrected chi connectivity index (χ2v) is 5.87. The molecule has 0 aliphatic carbocycles. The molecule has 0 saturated heterocycles. The van der Waals surface area contributed by atoms with Crippen molar-refractivity contribution >= 4 is 15.9 Å². The standard InChI is InChI=1S/C14H18BrNO2/c1-10(17)12-5-4-11(15)8-13(12)18-7-6-14(2,3)9-16/h4-5,8,10,17H,6-7H2,1-3H3/t10-/m1/s1. The number of halogens is 1. The van der Waals surface area contributed by atoms with Crippen LogP contribution in [0.15, 0.2) is 22.7 Å². The van der Waals surface area contributed by atoms with Gasteiger partial charge in [0.1, 0.15) is 5.75 Å². The SMILES string of the molecule is C[C@@H](O)c1ccc(Br)cc1OCCC(C)(C)C#N. The molecule has 0 aromatic heterocycles. The van der Waals surface area contributed by atoms with Crippen molar-refractivity contribution < 1.29 is 9.84 Å². The van der Waals surface area contributed by atoms with Gasteiger partial charge in [0.15, 0.2) is 0 Å². The molecule has 0 amide bonds. The number of hydrogen-bond donors (Lipinski definition) is 1. The lowest BCUT2D eigenvalue weighted by molar-refractivity contribution is 0.188. The van der Waals surface area contributed by atoms with Gasteiger partial charge in [-0.1, -0.05) is 22.0 Å². The molecule has 98 valence electrons. The molecule has 0 bridgehead atoms. The van der Waals surface area contributed by atoms with Crippen LogP contribution in [0.3, 0.4) is 0 Å². The summed E-state index contributed by atoms with van der Waals surface area (Å²) in [4.78, 5) is 0. The van der Waals surface area contributed by atoms with E-state index in [0.29, 0.717) is 18.8 Å². The summed E-state index contributed by atoms with van der Waals surface area (Å²) in [6, 6.07) is 7.77. The minimum Gasteiger partial charge on any atom is -0.493 e. The second-order valence-electron chi connectivity index (χ2n) is 4.95. The Labute approximate surface area is 117 Å². The van der Waals surface area contributed by atoms with Gasteiger partial charge in [-0.25, -0.2) is 0 Å². The summed E-state index contributed by atoms with van der Waals surface area (Å²) in [5.41, 5.74) is 0.366. The molecule has 0 fully saturated rings. The van der Waals surface area contributed by atoms with E-state index in [9.17, 15) is 5.11 Å². The fraction of sp³-hybridized carbons (Fsp3) is 0.500. The molecule has 1 N–H and O–H groups in total. The van der Waals surface area contributed by atoms with Gasteiger partial charge in [0.05, 0.1) is 24.2 Å². The predicted molar refractivity (Wildman–Crippen MR) is 74.3 cm³/mol. The van der Waals surface area contributed by atoms with Crippen molar-refractivity contribution in [3.8, 4) is 11.8 Å². The molecule has 0 radical (unpaired) electrons. The molecule has 0 heterocycles. The number of aliphatic hydroxyl groups excluding tert-OH is 1. The molecule has 0 aliphatic rings. The van der Waals surface area contributed by atoms with Crippen molar-refractivity contribution in [2.75, 3.05) is 6.61 Å². The lowest BCUT2D eigenvalue weighted by Crippen LogP contribution is -2.13. The van der Waals surface area contributed by atoms with Crippen molar-refractivity contribution in [1.29, 1.82) is 5.26 Å². The quantitative estimate of drug-likeness (QED) is 0.899. The second kappa shape index (κ2) is 6.21. The van der Waals surface area contributed by atoms with Crippen molar-refractivity contribution in [3.05, 3.63) is 28.2 Å². The van der Waals surface area contributed by atoms with Crippen LogP contribution in [-0.4, -0.2) is 11.7 Å². The van der Waals surface area contributed by atoms with Crippen LogP contribution >= 0.6 is 15.9 Å². The molecule has 1 rings (SSSR count). The van der Waals surface area contributed by atoms with Gasteiger partial charge in [-0.2, -0.15) is 5.26 Å². The monoisotopic (exact) mass is 311 g/mol. The first kappa shape index (κ1) is 15.0. The molecule has 3 nitrogen and oxygen atoms in total. The molecule has 0 unspecified atom stereocenters. The van der Waals surface area contributed by atoms with Crippen LogP contribution in [0.1, 0.15) is 38.9 Å². The van der Waals surface area contributed by atoms with Crippen molar-refractivity contribution in [2.24, 2.45) is 5.41 Å². The first-order valence-electron chi connectivity index (χ1n) is 5.87. The maximum atomic E-state index is 9.65. The summed E-state index contributed by atoms with van der Waals surface area (Å²) in [5, 5.41) is 18.6. The Morgan fingerprint density at radius 1 is 1.50 bits per heavy atom. The van der Waals surface area contributed by atoms with E-state index in [2.05, 4.69) is 22.0 Å². The summed E-state index contributed by atoms with van der Waals surface area (Å²) < 4.78 is 6.58. The fourth-order valence-corrected chi connectivity index (χ4v) is 1.79. The number of benzene rings is 1. The molecule has 18 heavy (non-hydrogen) atoms. The highest BCUT2D eigenvalue weighted by Crippen LogP contribution is 2.29. The van der Waals surface area contributed by atoms with E-state index in [1.807, 2.05) is 32.0 Å². The number of nitrogens with zero attached hydrogens (tertiary/aromatic N) is 1. The molecular weight excluding hydrogens is 294 g/mol. The van der Waals surface area contributed by atoms with E-state index >= 15 is 0 Å². The van der Waals surface area contributed by atoms with Gasteiger partial charge < -0.3 is 9.84 Å². The van der Waals surface area contributed by atoms with Gasteiger partial charge in [-0.3, -0.25) is 0 Å². The molecule has 1 aromatic rings. The Morgan fingerprint density at radius 3 is 2.72 bits per heavy atom. The molecule has 0 saturated carbocycles. The van der Waals surface area contributed by atoms with Crippen LogP contribution in [0.2, 0.25) is 0 Å². The van der Waals surface area contributed by atoms with Gasteiger partial charge in [0.25, 0.3) is 0 Å². The summed E-state index contributed by atoms with van der Waals surface area (Å²) in [5.74, 6) is 0.660. The van der Waals surface area contributed by atoms with Crippen LogP contribution in [-0.2, 0) is 0 Å². The van der Waals surface area contributed by atoms with E-state index in [4.69, 9.17) is 10.00 Å². The van der Waals surface area contributed by atoms with Crippen molar-refractivity contribution in [3.63, 3.8) is 0 Å². The van der Waals surface area contributed by atoms with E-state index in [-0.39, 0.29) is 0 Å². The highest BCUT2D eigenvalue weighted by Gasteiger charge is 2.17. The summed E-state index contributed by atoms with van der Waals surface area (Å²) in [6.07, 6.45) is 0.0759. The lowest BCUT2D eigenvalue weighted by atomic mass is 9.92. The molecule has 0 spiro atoms. The lowest BCUT2D eigenvalue weighted by Gasteiger charge is -2.18. The van der Waals surface area contributed by atoms with Crippen LogP contribution in [0.4, 0.5) is 0 Å². The third kappa shape index (κ3) is 4.32. The van der Waals surface area contributed by atoms with E-state index in [1.165, 1.54) is 0 Å². The Bertz CT molecular complexity index is 450. The average Bonchev–Trinajstić information content (AvgIpc) is 2.28. The maximum Gasteiger partial charge on any atom is 0.126 e. The Morgan fingerprint density at radius 2 is 2.17 bits per heavy atom. The predicted octanol–water partition coefficient (Wildman–Crippen LogP) is 3.82. The van der Waals surface area contributed by atoms with Gasteiger partial charge >= 0.3 is 0 Å². The van der Waals surface area contributed by atoms with E-state index in [0.717, 1.165) is 10.0 Å². The Balaban J connectivity index is 2.73. The van der Waals surface area contributed by atoms with Gasteiger partial charge in [0.2, 0.25) is 0 Å². The Kier molecular flexibility index (Phi) is 5.18. The molecule has 0 aliphatic heterocycles. The number of rotatable bonds is 5. The molecule has 1 atom stereocenters. The maximum absolute atomic E-state index is 9.65. The molecule has 1 aromatic carbocycles. The summed E-state index contributed by atoms with van der Waals surface area (Å²) >= 11 is 3.38. The number of nitriles is 1. The van der Waals surface area contributed by atoms with E-state index < -0.39 is 11.5 Å². The van der Waals surface area contributed by atoms with Crippen LogP contribution < -0.4 is 4.74 Å². The highest BCUT2D eigenvalue weighted by molar-refractivity contribution is 9.10. The largest absolute Gasteiger partial charge is 0.493 e. The van der Waals surface area contributed by atoms with E-state index in [1.54, 1.807) is 6.92 Å². The zero-order valence-electron chi connectivity index (χ0n) is 10.9. The first-order valence-corrected chi connectivity index (χ1v) is 6.66. The number of ether oxygens (including phenoxy) is 1. The fourth-order valence-electron chi connectivity index (χ4n) is 1.45. The van der Waals surface area contributed by atoms with Gasteiger partial charge in [-0.15, -0.1) is 0 Å². The number of hydrogen-bond acceptors (Lipinski definition) is 3. The summed E-state index contributed by atoms with van der Waals surface area (Å²) in [7, 11) is 0. The minimum atomic E-state index is -0.572. The van der Waals surface area contributed by atoms with Crippen LogP contribution in [0, 0.1) is 16.7 Å². The average molecular weight is 312 g/mol. The summed E-state index contributed by atoms with van der Waals surface area (Å²) in [6.45, 7) is 5.92. The van der Waals surface area contributed by atoms with Gasteiger partial charge in [0, 0.05) is 10.0 Å². The smallest absolute Gasteiger partial charge is 0.126 e. The van der Waals surface area contributed by atoms with Gasteiger partial charge in [-0.05, 0) is 39.3 Å². The topological polar surface area (TPSA) is 53.2 Å². The van der Waals surface area contributed by atoms with Crippen LogP contribution in [0.5, 0.6) is 5.75 Å². The molecule has 4 heteroatoms. The third-order valence-electron chi connectivity index (χ3n) is 2.71. The molecular formula is C14H18BrNO2. The van der Waals surface area contributed by atoms with Crippen molar-refractivity contribution in [2.45, 2.75) is 33.3 Å². The third-order valence-corrected chi connectivity index (χ3v) is 3.21. The van der Waals surface area contributed by atoms with Crippen molar-refractivity contribution in [1.82, 2.24) is 0 Å². The zero-order valence-corrected chi connectivity index (χ0v) is 12.5. The zero-order chi connectivity index (χ0) is 13.8. The Hall–Kier alpha value is -1.05. The van der Waals surface area contributed by atoms with Crippen LogP contribution in [0.25, 0.3) is 0 Å². The highest BCUT2D eigenvalue weighted by atomic mass is 79.9. The number of aliphatic hydroxyl groups is 1. The minimum absolute atomic E-state index is 0.392. The first-order chi connectivity index (χ1) is 8.35. The normalized spacial score (nSPS) is 12.9.